The van der Waals surface area contributed by atoms with E-state index in [2.05, 4.69) is 13.8 Å². The lowest BCUT2D eigenvalue weighted by atomic mass is 9.45. The van der Waals surface area contributed by atoms with Crippen LogP contribution in [-0.2, 0) is 52.4 Å². The average molecular weight is 621 g/mol. The van der Waals surface area contributed by atoms with Gasteiger partial charge >= 0.3 is 23.9 Å². The van der Waals surface area contributed by atoms with Crippen LogP contribution in [0.1, 0.15) is 99.3 Å². The first-order chi connectivity index (χ1) is 20.7. The fourth-order valence-corrected chi connectivity index (χ4v) is 9.60. The second kappa shape index (κ2) is 12.7. The molecule has 246 valence electrons. The van der Waals surface area contributed by atoms with Crippen molar-refractivity contribution in [2.45, 2.75) is 136 Å². The zero-order valence-corrected chi connectivity index (χ0v) is 26.8. The molecule has 0 aromatic carbocycles. The van der Waals surface area contributed by atoms with Crippen LogP contribution in [0.15, 0.2) is 0 Å². The van der Waals surface area contributed by atoms with E-state index in [1.165, 1.54) is 27.7 Å². The van der Waals surface area contributed by atoms with Crippen molar-refractivity contribution in [3.05, 3.63) is 0 Å². The summed E-state index contributed by atoms with van der Waals surface area (Å²) in [6.45, 7) is 9.22. The summed E-state index contributed by atoms with van der Waals surface area (Å²) in [6, 6.07) is 0. The Morgan fingerprint density at radius 1 is 0.773 bits per heavy atom. The van der Waals surface area contributed by atoms with E-state index in [-0.39, 0.29) is 23.5 Å². The van der Waals surface area contributed by atoms with Crippen molar-refractivity contribution in [1.82, 2.24) is 0 Å². The molecule has 1 saturated heterocycles. The Hall–Kier alpha value is -2.53. The Morgan fingerprint density at radius 2 is 1.43 bits per heavy atom. The first-order valence-electron chi connectivity index (χ1n) is 16.2. The summed E-state index contributed by atoms with van der Waals surface area (Å²) in [5.74, 6) is -0.0244. The lowest BCUT2D eigenvalue weighted by Crippen LogP contribution is -2.63. The molecule has 0 N–H and O–H groups in total. The molecule has 4 aliphatic carbocycles. The topological polar surface area (TPSA) is 141 Å². The van der Waals surface area contributed by atoms with Crippen LogP contribution in [0.5, 0.6) is 0 Å². The first-order valence-corrected chi connectivity index (χ1v) is 16.2. The van der Waals surface area contributed by atoms with Crippen molar-refractivity contribution in [1.29, 1.82) is 0 Å². The number of ketones is 1. The van der Waals surface area contributed by atoms with Crippen LogP contribution in [0.25, 0.3) is 0 Å². The van der Waals surface area contributed by atoms with Gasteiger partial charge in [-0.2, -0.15) is 0 Å². The minimum Gasteiger partial charge on any atom is -0.463 e. The second-order valence-corrected chi connectivity index (χ2v) is 14.2. The van der Waals surface area contributed by atoms with Crippen LogP contribution >= 0.6 is 0 Å². The maximum absolute atomic E-state index is 12.8. The molecule has 0 aromatic rings. The van der Waals surface area contributed by atoms with Gasteiger partial charge in [-0.3, -0.25) is 24.0 Å². The number of carbonyl (C=O) groups is 5. The zero-order valence-electron chi connectivity index (χ0n) is 26.8. The van der Waals surface area contributed by atoms with Gasteiger partial charge in [0.15, 0.2) is 24.6 Å². The molecule has 5 aliphatic rings. The Labute approximate surface area is 259 Å². The quantitative estimate of drug-likeness (QED) is 0.231. The number of fused-ring (bicyclic) bond motifs is 5. The fraction of sp³-hybridized carbons (Fsp3) is 0.848. The van der Waals surface area contributed by atoms with Gasteiger partial charge in [-0.25, -0.2) is 0 Å². The number of carbonyl (C=O) groups excluding carboxylic acids is 5. The Kier molecular flexibility index (Phi) is 9.48. The number of Topliss-reactive ketones (excluding diaryl/α,β-unsaturated/α-hetero) is 1. The van der Waals surface area contributed by atoms with E-state index in [0.717, 1.165) is 57.8 Å². The zero-order chi connectivity index (χ0) is 32.0. The molecule has 0 unspecified atom stereocenters. The van der Waals surface area contributed by atoms with E-state index in [1.54, 1.807) is 0 Å². The van der Waals surface area contributed by atoms with Crippen LogP contribution in [-0.4, -0.2) is 73.1 Å². The van der Waals surface area contributed by atoms with Gasteiger partial charge in [-0.15, -0.1) is 0 Å². The molecule has 5 rings (SSSR count). The van der Waals surface area contributed by atoms with E-state index in [1.807, 2.05) is 0 Å². The average Bonchev–Trinajstić information content (AvgIpc) is 3.24. The van der Waals surface area contributed by atoms with Crippen molar-refractivity contribution in [3.63, 3.8) is 0 Å². The molecule has 12 atom stereocenters. The third kappa shape index (κ3) is 6.28. The minimum atomic E-state index is -1.24. The van der Waals surface area contributed by atoms with Crippen LogP contribution in [0.3, 0.4) is 0 Å². The van der Waals surface area contributed by atoms with Gasteiger partial charge in [-0.05, 0) is 80.5 Å². The van der Waals surface area contributed by atoms with Crippen molar-refractivity contribution in [3.8, 4) is 0 Å². The second-order valence-electron chi connectivity index (χ2n) is 14.2. The van der Waals surface area contributed by atoms with Crippen molar-refractivity contribution >= 4 is 29.7 Å². The number of esters is 4. The maximum atomic E-state index is 12.8. The molecule has 5 fully saturated rings. The van der Waals surface area contributed by atoms with E-state index < -0.39 is 54.6 Å². The molecule has 1 heterocycles. The highest BCUT2D eigenvalue weighted by atomic mass is 16.7. The molecule has 0 aromatic heterocycles. The largest absolute Gasteiger partial charge is 0.463 e. The van der Waals surface area contributed by atoms with Crippen LogP contribution in [0.2, 0.25) is 0 Å². The summed E-state index contributed by atoms with van der Waals surface area (Å²) < 4.78 is 34.6. The van der Waals surface area contributed by atoms with Gasteiger partial charge < -0.3 is 28.4 Å². The summed E-state index contributed by atoms with van der Waals surface area (Å²) in [5.41, 5.74) is -0.00315. The summed E-state index contributed by atoms with van der Waals surface area (Å²) >= 11 is 0. The normalized spacial score (nSPS) is 43.1. The van der Waals surface area contributed by atoms with Crippen molar-refractivity contribution in [2.24, 2.45) is 34.5 Å². The highest BCUT2D eigenvalue weighted by molar-refractivity contribution is 5.87. The molecular formula is C33H48O11. The van der Waals surface area contributed by atoms with Gasteiger partial charge in [0.25, 0.3) is 0 Å². The molecule has 44 heavy (non-hydrogen) atoms. The Bertz CT molecular complexity index is 1150. The first kappa shape index (κ1) is 32.9. The highest BCUT2D eigenvalue weighted by Crippen LogP contribution is 2.65. The SMILES string of the molecule is CC(=O)OC[C@H]1O[C@@H](O[C@@H]2CC[C@@]3(C)[C@@H](CC[C@@H]4[C@H]3CC[C@]3(C)C(=O)CC[C@@H]43)C2)[C@H](OC(C)=O)[C@@H](OC(C)=O)[C@@H]1OC(C)=O. The smallest absolute Gasteiger partial charge is 0.303 e. The molecule has 11 nitrogen and oxygen atoms in total. The molecule has 11 heteroatoms. The molecule has 0 amide bonds. The molecule has 0 radical (unpaired) electrons. The summed E-state index contributed by atoms with van der Waals surface area (Å²) in [5, 5.41) is 0. The Morgan fingerprint density at radius 3 is 2.09 bits per heavy atom. The highest BCUT2D eigenvalue weighted by Gasteiger charge is 2.61. The predicted molar refractivity (Wildman–Crippen MR) is 154 cm³/mol. The third-order valence-electron chi connectivity index (χ3n) is 11.6. The van der Waals surface area contributed by atoms with Crippen molar-refractivity contribution in [2.75, 3.05) is 6.61 Å². The summed E-state index contributed by atoms with van der Waals surface area (Å²) in [6.07, 6.45) is 2.46. The lowest BCUT2D eigenvalue weighted by Gasteiger charge is -2.60. The minimum absolute atomic E-state index is 0.150. The number of hydrogen-bond acceptors (Lipinski definition) is 11. The monoisotopic (exact) mass is 620 g/mol. The van der Waals surface area contributed by atoms with Crippen LogP contribution in [0.4, 0.5) is 0 Å². The van der Waals surface area contributed by atoms with E-state index in [0.29, 0.717) is 29.5 Å². The summed E-state index contributed by atoms with van der Waals surface area (Å²) in [7, 11) is 0. The summed E-state index contributed by atoms with van der Waals surface area (Å²) in [4.78, 5) is 60.9. The fourth-order valence-electron chi connectivity index (χ4n) is 9.60. The van der Waals surface area contributed by atoms with E-state index >= 15 is 0 Å². The van der Waals surface area contributed by atoms with Gasteiger partial charge in [0.1, 0.15) is 18.5 Å². The molecule has 0 bridgehead atoms. The maximum Gasteiger partial charge on any atom is 0.303 e. The van der Waals surface area contributed by atoms with Gasteiger partial charge in [-0.1, -0.05) is 13.8 Å². The van der Waals surface area contributed by atoms with E-state index in [9.17, 15) is 24.0 Å². The number of rotatable bonds is 7. The van der Waals surface area contributed by atoms with E-state index in [4.69, 9.17) is 28.4 Å². The molecule has 1 aliphatic heterocycles. The predicted octanol–water partition coefficient (Wildman–Crippen LogP) is 4.07. The lowest BCUT2D eigenvalue weighted by molar-refractivity contribution is -0.321. The third-order valence-corrected chi connectivity index (χ3v) is 11.6. The molecular weight excluding hydrogens is 572 g/mol. The standard InChI is InChI=1S/C33H48O11/c1-17(34)39-16-26-28(40-18(2)35)29(41-19(3)36)30(42-20(4)37)31(44-26)43-22-11-13-32(5)21(15-22)7-8-23-24-9-10-27(38)33(24,6)14-12-25(23)32/h21-26,28-31H,7-16H2,1-6H3/t21-,22+,23-,24-,25+,26+,28+,29-,30+,31+,32-,33-/m0/s1. The van der Waals surface area contributed by atoms with Crippen molar-refractivity contribution < 1.29 is 52.4 Å². The molecule has 0 spiro atoms. The van der Waals surface area contributed by atoms with Gasteiger partial charge in [0.05, 0.1) is 6.10 Å². The molecule has 4 saturated carbocycles. The number of hydrogen-bond donors (Lipinski definition) is 0. The van der Waals surface area contributed by atoms with Crippen LogP contribution < -0.4 is 0 Å². The van der Waals surface area contributed by atoms with Crippen LogP contribution in [0, 0.1) is 34.5 Å². The Balaban J connectivity index is 1.34. The van der Waals surface area contributed by atoms with Gasteiger partial charge in [0, 0.05) is 39.5 Å². The van der Waals surface area contributed by atoms with Gasteiger partial charge in [0.2, 0.25) is 0 Å². The number of ether oxygens (including phenoxy) is 6.